The van der Waals surface area contributed by atoms with E-state index in [1.807, 2.05) is 49.3 Å². The Labute approximate surface area is 167 Å². The molecule has 2 aromatic carbocycles. The van der Waals surface area contributed by atoms with Crippen LogP contribution in [0.5, 0.6) is 0 Å². The molecule has 0 saturated heterocycles. The summed E-state index contributed by atoms with van der Waals surface area (Å²) in [6.07, 6.45) is -3.27. The summed E-state index contributed by atoms with van der Waals surface area (Å²) in [6.45, 7) is 4.44. The molecule has 1 amide bonds. The molecule has 0 aromatic heterocycles. The van der Waals surface area contributed by atoms with E-state index < -0.39 is 11.7 Å². The monoisotopic (exact) mass is 408 g/mol. The molecule has 0 saturated carbocycles. The third kappa shape index (κ3) is 6.14. The fourth-order valence-corrected chi connectivity index (χ4v) is 3.57. The van der Waals surface area contributed by atoms with Gasteiger partial charge in [0.2, 0.25) is 5.91 Å². The quantitative estimate of drug-likeness (QED) is 0.450. The van der Waals surface area contributed by atoms with E-state index >= 15 is 0 Å². The van der Waals surface area contributed by atoms with Crippen molar-refractivity contribution in [3.63, 3.8) is 0 Å². The minimum Gasteiger partial charge on any atom is -0.308 e. The van der Waals surface area contributed by atoms with E-state index in [-0.39, 0.29) is 5.91 Å². The zero-order chi connectivity index (χ0) is 20.7. The number of carbonyl (C=O) groups is 1. The summed E-state index contributed by atoms with van der Waals surface area (Å²) < 4.78 is 39.7. The van der Waals surface area contributed by atoms with E-state index in [2.05, 4.69) is 6.58 Å². The minimum absolute atomic E-state index is 0.344. The Morgan fingerprint density at radius 1 is 1.11 bits per heavy atom. The number of halogens is 3. The predicted octanol–water partition coefficient (Wildman–Crippen LogP) is 5.08. The topological polar surface area (TPSA) is 23.6 Å². The Bertz CT molecular complexity index is 807. The van der Waals surface area contributed by atoms with E-state index in [4.69, 9.17) is 0 Å². The van der Waals surface area contributed by atoms with Crippen LogP contribution >= 0.6 is 11.8 Å². The maximum absolute atomic E-state index is 13.2. The van der Waals surface area contributed by atoms with Gasteiger partial charge in [-0.25, -0.2) is 0 Å². The molecule has 2 rings (SSSR count). The average molecular weight is 408 g/mol. The summed E-state index contributed by atoms with van der Waals surface area (Å²) >= 11 is 1.28. The van der Waals surface area contributed by atoms with Crippen LogP contribution in [0.1, 0.15) is 11.1 Å². The highest BCUT2D eigenvalue weighted by Gasteiger charge is 2.32. The van der Waals surface area contributed by atoms with E-state index in [1.54, 1.807) is 0 Å². The number of nitrogens with zero attached hydrogens (tertiary/aromatic N) is 2. The van der Waals surface area contributed by atoms with Crippen LogP contribution in [-0.2, 0) is 16.7 Å². The third-order valence-electron chi connectivity index (χ3n) is 4.03. The fraction of sp³-hybridized carbons (Fsp3) is 0.286. The Hall–Kier alpha value is -2.25. The van der Waals surface area contributed by atoms with Crippen molar-refractivity contribution in [2.24, 2.45) is 0 Å². The number of benzene rings is 2. The first-order valence-corrected chi connectivity index (χ1v) is 9.67. The lowest BCUT2D eigenvalue weighted by Crippen LogP contribution is -2.36. The van der Waals surface area contributed by atoms with Crippen molar-refractivity contribution < 1.29 is 18.0 Å². The van der Waals surface area contributed by atoms with Gasteiger partial charge in [0, 0.05) is 23.7 Å². The van der Waals surface area contributed by atoms with Crippen LogP contribution in [0.25, 0.3) is 0 Å². The molecule has 0 heterocycles. The summed E-state index contributed by atoms with van der Waals surface area (Å²) in [5.41, 5.74) is 0.719. The molecular formula is C21H23F3N2OS. The molecule has 0 N–H and O–H groups in total. The number of alkyl halides is 3. The number of carbonyl (C=O) groups excluding carboxylic acids is 1. The third-order valence-corrected chi connectivity index (χ3v) is 5.14. The second-order valence-corrected chi connectivity index (χ2v) is 7.47. The minimum atomic E-state index is -4.45. The van der Waals surface area contributed by atoms with Gasteiger partial charge in [0.25, 0.3) is 0 Å². The van der Waals surface area contributed by atoms with Crippen LogP contribution in [0.2, 0.25) is 0 Å². The van der Waals surface area contributed by atoms with Crippen LogP contribution in [0, 0.1) is 0 Å². The van der Waals surface area contributed by atoms with Gasteiger partial charge in [0.15, 0.2) is 0 Å². The first-order valence-electron chi connectivity index (χ1n) is 8.69. The van der Waals surface area contributed by atoms with Gasteiger partial charge in [-0.3, -0.25) is 4.79 Å². The highest BCUT2D eigenvalue weighted by Crippen LogP contribution is 2.38. The summed E-state index contributed by atoms with van der Waals surface area (Å²) in [5.74, 6) is 0.155. The fourth-order valence-electron chi connectivity index (χ4n) is 2.52. The number of hydrogen-bond acceptors (Lipinski definition) is 3. The number of anilines is 1. The standard InChI is InChI=1S/C21H23F3N2OS/c1-4-20(27)26(13-12-25(2)3)18-11-10-17(21(22,23)24)14-19(18)28-15-16-8-6-5-7-9-16/h4-11,14H,1,12-13,15H2,2-3H3. The first-order chi connectivity index (χ1) is 13.2. The van der Waals surface area contributed by atoms with Gasteiger partial charge in [0.05, 0.1) is 11.3 Å². The second-order valence-electron chi connectivity index (χ2n) is 6.45. The van der Waals surface area contributed by atoms with Gasteiger partial charge in [0.1, 0.15) is 0 Å². The van der Waals surface area contributed by atoms with Gasteiger partial charge in [-0.2, -0.15) is 13.2 Å². The lowest BCUT2D eigenvalue weighted by molar-refractivity contribution is -0.137. The molecule has 2 aromatic rings. The molecule has 0 atom stereocenters. The van der Waals surface area contributed by atoms with Crippen molar-refractivity contribution in [3.05, 3.63) is 72.3 Å². The number of rotatable bonds is 8. The van der Waals surface area contributed by atoms with Crippen molar-refractivity contribution in [2.45, 2.75) is 16.8 Å². The van der Waals surface area contributed by atoms with E-state index in [0.717, 1.165) is 17.7 Å². The molecule has 0 unspecified atom stereocenters. The average Bonchev–Trinajstić information content (AvgIpc) is 2.66. The molecule has 0 radical (unpaired) electrons. The number of thioether (sulfide) groups is 1. The van der Waals surface area contributed by atoms with Crippen LogP contribution in [-0.4, -0.2) is 38.0 Å². The predicted molar refractivity (Wildman–Crippen MR) is 109 cm³/mol. The van der Waals surface area contributed by atoms with Gasteiger partial charge >= 0.3 is 6.18 Å². The molecule has 28 heavy (non-hydrogen) atoms. The highest BCUT2D eigenvalue weighted by atomic mass is 32.2. The largest absolute Gasteiger partial charge is 0.416 e. The molecule has 150 valence electrons. The molecule has 7 heteroatoms. The smallest absolute Gasteiger partial charge is 0.308 e. The van der Waals surface area contributed by atoms with Crippen LogP contribution < -0.4 is 4.90 Å². The molecule has 3 nitrogen and oxygen atoms in total. The molecular weight excluding hydrogens is 385 g/mol. The SMILES string of the molecule is C=CC(=O)N(CCN(C)C)c1ccc(C(F)(F)F)cc1SCc1ccccc1. The van der Waals surface area contributed by atoms with E-state index in [9.17, 15) is 18.0 Å². The normalized spacial score (nSPS) is 11.5. The zero-order valence-corrected chi connectivity index (χ0v) is 16.7. The maximum atomic E-state index is 13.2. The first kappa shape index (κ1) is 22.0. The van der Waals surface area contributed by atoms with Gasteiger partial charge in [-0.15, -0.1) is 11.8 Å². The van der Waals surface area contributed by atoms with Crippen molar-refractivity contribution >= 4 is 23.4 Å². The van der Waals surface area contributed by atoms with Crippen molar-refractivity contribution in [2.75, 3.05) is 32.1 Å². The highest BCUT2D eigenvalue weighted by molar-refractivity contribution is 7.98. The second kappa shape index (κ2) is 9.80. The van der Waals surface area contributed by atoms with E-state index in [0.29, 0.717) is 29.4 Å². The molecule has 0 aliphatic rings. The number of amides is 1. The van der Waals surface area contributed by atoms with Crippen molar-refractivity contribution in [1.29, 1.82) is 0 Å². The maximum Gasteiger partial charge on any atom is 0.416 e. The van der Waals surface area contributed by atoms with E-state index in [1.165, 1.54) is 28.8 Å². The molecule has 0 aliphatic carbocycles. The van der Waals surface area contributed by atoms with Gasteiger partial charge < -0.3 is 9.80 Å². The molecule has 0 aliphatic heterocycles. The lowest BCUT2D eigenvalue weighted by Gasteiger charge is -2.26. The lowest BCUT2D eigenvalue weighted by atomic mass is 10.2. The summed E-state index contributed by atoms with van der Waals surface area (Å²) in [6, 6.07) is 13.0. The van der Waals surface area contributed by atoms with Crippen molar-refractivity contribution in [3.8, 4) is 0 Å². The Balaban J connectivity index is 2.41. The summed E-state index contributed by atoms with van der Waals surface area (Å²) in [5, 5.41) is 0. The Morgan fingerprint density at radius 3 is 2.36 bits per heavy atom. The zero-order valence-electron chi connectivity index (χ0n) is 15.9. The van der Waals surface area contributed by atoms with Crippen molar-refractivity contribution in [1.82, 2.24) is 4.90 Å². The summed E-state index contributed by atoms with van der Waals surface area (Å²) in [7, 11) is 3.74. The molecule has 0 spiro atoms. The number of likely N-dealkylation sites (N-methyl/N-ethyl adjacent to an activating group) is 1. The Morgan fingerprint density at radius 2 is 1.79 bits per heavy atom. The van der Waals surface area contributed by atoms with Crippen LogP contribution in [0.15, 0.2) is 66.1 Å². The van der Waals surface area contributed by atoms with Gasteiger partial charge in [-0.1, -0.05) is 36.9 Å². The summed E-state index contributed by atoms with van der Waals surface area (Å²) in [4.78, 5) is 16.2. The number of hydrogen-bond donors (Lipinski definition) is 0. The van der Waals surface area contributed by atoms with Gasteiger partial charge in [-0.05, 0) is 43.9 Å². The van der Waals surface area contributed by atoms with Crippen LogP contribution in [0.4, 0.5) is 18.9 Å². The molecule has 0 bridgehead atoms. The Kier molecular flexibility index (Phi) is 7.71. The van der Waals surface area contributed by atoms with Crippen LogP contribution in [0.3, 0.4) is 0 Å². The molecule has 0 fully saturated rings.